The van der Waals surface area contributed by atoms with Gasteiger partial charge in [0.1, 0.15) is 0 Å². The molecule has 1 amide bonds. The molecular formula is C17H26N2O2. The van der Waals surface area contributed by atoms with E-state index in [-0.39, 0.29) is 11.9 Å². The minimum absolute atomic E-state index is 0.0396. The normalized spacial score (nSPS) is 18.9. The SMILES string of the molecule is COCCCN(C)C(=O)C1CCCN1Cc1ccccc1. The molecule has 0 bridgehead atoms. The standard InChI is InChI=1S/C17H26N2O2/c1-18(11-7-13-21-2)17(20)16-10-6-12-19(16)14-15-8-4-3-5-9-15/h3-5,8-9,16H,6-7,10-14H2,1-2H3. The average Bonchev–Trinajstić information content (AvgIpc) is 2.95. The fourth-order valence-corrected chi connectivity index (χ4v) is 2.92. The first kappa shape index (κ1) is 16.0. The maximum atomic E-state index is 12.6. The number of rotatable bonds is 7. The van der Waals surface area contributed by atoms with E-state index in [1.54, 1.807) is 7.11 Å². The van der Waals surface area contributed by atoms with Crippen LogP contribution < -0.4 is 0 Å². The van der Waals surface area contributed by atoms with Gasteiger partial charge in [0.25, 0.3) is 0 Å². The molecule has 0 aromatic heterocycles. The summed E-state index contributed by atoms with van der Waals surface area (Å²) in [6.45, 7) is 3.35. The Morgan fingerprint density at radius 1 is 1.38 bits per heavy atom. The fourth-order valence-electron chi connectivity index (χ4n) is 2.92. The van der Waals surface area contributed by atoms with Crippen molar-refractivity contribution in [2.75, 3.05) is 33.9 Å². The van der Waals surface area contributed by atoms with Crippen molar-refractivity contribution in [2.24, 2.45) is 0 Å². The number of likely N-dealkylation sites (N-methyl/N-ethyl adjacent to an activating group) is 1. The molecule has 1 aromatic carbocycles. The molecule has 4 nitrogen and oxygen atoms in total. The third-order valence-electron chi connectivity index (χ3n) is 4.10. The first-order valence-corrected chi connectivity index (χ1v) is 7.74. The monoisotopic (exact) mass is 290 g/mol. The quantitative estimate of drug-likeness (QED) is 0.721. The molecular weight excluding hydrogens is 264 g/mol. The number of ether oxygens (including phenoxy) is 1. The Morgan fingerprint density at radius 2 is 2.14 bits per heavy atom. The maximum absolute atomic E-state index is 12.6. The zero-order valence-electron chi connectivity index (χ0n) is 13.1. The van der Waals surface area contributed by atoms with E-state index in [0.29, 0.717) is 6.61 Å². The lowest BCUT2D eigenvalue weighted by atomic mass is 10.1. The van der Waals surface area contributed by atoms with Crippen molar-refractivity contribution in [3.05, 3.63) is 35.9 Å². The third-order valence-corrected chi connectivity index (χ3v) is 4.10. The topological polar surface area (TPSA) is 32.8 Å². The van der Waals surface area contributed by atoms with Gasteiger partial charge in [0.2, 0.25) is 5.91 Å². The van der Waals surface area contributed by atoms with E-state index >= 15 is 0 Å². The molecule has 1 fully saturated rings. The van der Waals surface area contributed by atoms with Crippen LogP contribution >= 0.6 is 0 Å². The van der Waals surface area contributed by atoms with E-state index in [9.17, 15) is 4.79 Å². The van der Waals surface area contributed by atoms with Crippen LogP contribution in [-0.2, 0) is 16.1 Å². The first-order chi connectivity index (χ1) is 10.2. The summed E-state index contributed by atoms with van der Waals surface area (Å²) in [6, 6.07) is 10.4. The summed E-state index contributed by atoms with van der Waals surface area (Å²) in [7, 11) is 3.59. The smallest absolute Gasteiger partial charge is 0.239 e. The van der Waals surface area contributed by atoms with Crippen LogP contribution in [0, 0.1) is 0 Å². The zero-order chi connectivity index (χ0) is 15.1. The van der Waals surface area contributed by atoms with Gasteiger partial charge in [-0.15, -0.1) is 0 Å². The Bertz CT molecular complexity index is 436. The fraction of sp³-hybridized carbons (Fsp3) is 0.588. The lowest BCUT2D eigenvalue weighted by Gasteiger charge is -2.28. The molecule has 0 aliphatic carbocycles. The summed E-state index contributed by atoms with van der Waals surface area (Å²) >= 11 is 0. The van der Waals surface area contributed by atoms with Gasteiger partial charge in [-0.2, -0.15) is 0 Å². The van der Waals surface area contributed by atoms with Crippen LogP contribution in [-0.4, -0.2) is 55.6 Å². The van der Waals surface area contributed by atoms with Crippen LogP contribution in [0.1, 0.15) is 24.8 Å². The molecule has 1 unspecified atom stereocenters. The highest BCUT2D eigenvalue weighted by molar-refractivity contribution is 5.81. The second-order valence-corrected chi connectivity index (χ2v) is 5.72. The van der Waals surface area contributed by atoms with Crippen molar-refractivity contribution in [3.63, 3.8) is 0 Å². The second-order valence-electron chi connectivity index (χ2n) is 5.72. The van der Waals surface area contributed by atoms with Gasteiger partial charge in [0.05, 0.1) is 6.04 Å². The van der Waals surface area contributed by atoms with Crippen molar-refractivity contribution >= 4 is 5.91 Å². The van der Waals surface area contributed by atoms with E-state index in [4.69, 9.17) is 4.74 Å². The molecule has 1 saturated heterocycles. The molecule has 0 spiro atoms. The van der Waals surface area contributed by atoms with E-state index in [1.165, 1.54) is 5.56 Å². The van der Waals surface area contributed by atoms with E-state index in [0.717, 1.165) is 38.9 Å². The van der Waals surface area contributed by atoms with Crippen molar-refractivity contribution in [3.8, 4) is 0 Å². The summed E-state index contributed by atoms with van der Waals surface area (Å²) in [4.78, 5) is 16.7. The van der Waals surface area contributed by atoms with E-state index in [1.807, 2.05) is 18.0 Å². The number of benzene rings is 1. The Labute approximate surface area is 127 Å². The van der Waals surface area contributed by atoms with Gasteiger partial charge in [-0.1, -0.05) is 30.3 Å². The Hall–Kier alpha value is -1.39. The molecule has 1 aromatic rings. The molecule has 1 aliphatic heterocycles. The van der Waals surface area contributed by atoms with Crippen molar-refractivity contribution in [1.29, 1.82) is 0 Å². The van der Waals surface area contributed by atoms with Crippen molar-refractivity contribution < 1.29 is 9.53 Å². The summed E-state index contributed by atoms with van der Waals surface area (Å²) < 4.78 is 5.05. The summed E-state index contributed by atoms with van der Waals surface area (Å²) in [5, 5.41) is 0. The maximum Gasteiger partial charge on any atom is 0.239 e. The molecule has 116 valence electrons. The van der Waals surface area contributed by atoms with Crippen LogP contribution in [0.15, 0.2) is 30.3 Å². The van der Waals surface area contributed by atoms with Crippen LogP contribution in [0.25, 0.3) is 0 Å². The average molecular weight is 290 g/mol. The lowest BCUT2D eigenvalue weighted by molar-refractivity contribution is -0.135. The molecule has 4 heteroatoms. The number of carbonyl (C=O) groups excluding carboxylic acids is 1. The van der Waals surface area contributed by atoms with E-state index < -0.39 is 0 Å². The van der Waals surface area contributed by atoms with Gasteiger partial charge in [0, 0.05) is 33.9 Å². The summed E-state index contributed by atoms with van der Waals surface area (Å²) in [6.07, 6.45) is 2.97. The highest BCUT2D eigenvalue weighted by Gasteiger charge is 2.32. The van der Waals surface area contributed by atoms with Crippen molar-refractivity contribution in [1.82, 2.24) is 9.80 Å². The largest absolute Gasteiger partial charge is 0.385 e. The van der Waals surface area contributed by atoms with E-state index in [2.05, 4.69) is 29.2 Å². The molecule has 1 aliphatic rings. The van der Waals surface area contributed by atoms with Crippen LogP contribution in [0.4, 0.5) is 0 Å². The minimum Gasteiger partial charge on any atom is -0.385 e. The lowest BCUT2D eigenvalue weighted by Crippen LogP contribution is -2.44. The van der Waals surface area contributed by atoms with Gasteiger partial charge in [-0.05, 0) is 31.4 Å². The molecule has 1 atom stereocenters. The van der Waals surface area contributed by atoms with Gasteiger partial charge in [-0.25, -0.2) is 0 Å². The number of likely N-dealkylation sites (tertiary alicyclic amines) is 1. The van der Waals surface area contributed by atoms with Gasteiger partial charge < -0.3 is 9.64 Å². The summed E-state index contributed by atoms with van der Waals surface area (Å²) in [5.41, 5.74) is 1.28. The van der Waals surface area contributed by atoms with Crippen LogP contribution in [0.2, 0.25) is 0 Å². The predicted octanol–water partition coefficient (Wildman–Crippen LogP) is 2.15. The molecule has 21 heavy (non-hydrogen) atoms. The number of amides is 1. The zero-order valence-corrected chi connectivity index (χ0v) is 13.1. The summed E-state index contributed by atoms with van der Waals surface area (Å²) in [5.74, 6) is 0.250. The number of hydrogen-bond donors (Lipinski definition) is 0. The molecule has 2 rings (SSSR count). The highest BCUT2D eigenvalue weighted by Crippen LogP contribution is 2.21. The molecule has 0 N–H and O–H groups in total. The number of hydrogen-bond acceptors (Lipinski definition) is 3. The predicted molar refractivity (Wildman–Crippen MR) is 84.0 cm³/mol. The van der Waals surface area contributed by atoms with Gasteiger partial charge in [0.15, 0.2) is 0 Å². The molecule has 0 saturated carbocycles. The van der Waals surface area contributed by atoms with Crippen LogP contribution in [0.5, 0.6) is 0 Å². The number of carbonyl (C=O) groups is 1. The highest BCUT2D eigenvalue weighted by atomic mass is 16.5. The van der Waals surface area contributed by atoms with Gasteiger partial charge in [-0.3, -0.25) is 9.69 Å². The third kappa shape index (κ3) is 4.55. The van der Waals surface area contributed by atoms with Gasteiger partial charge >= 0.3 is 0 Å². The first-order valence-electron chi connectivity index (χ1n) is 7.74. The van der Waals surface area contributed by atoms with Crippen molar-refractivity contribution in [2.45, 2.75) is 31.8 Å². The Kier molecular flexibility index (Phi) is 6.21. The number of nitrogens with zero attached hydrogens (tertiary/aromatic N) is 2. The molecule has 0 radical (unpaired) electrons. The molecule has 1 heterocycles. The van der Waals surface area contributed by atoms with Crippen LogP contribution in [0.3, 0.4) is 0 Å². The Morgan fingerprint density at radius 3 is 2.86 bits per heavy atom. The Balaban J connectivity index is 1.90. The number of methoxy groups -OCH3 is 1. The minimum atomic E-state index is 0.0396. The second kappa shape index (κ2) is 8.15.